The molecule has 2 aromatic heterocycles. The summed E-state index contributed by atoms with van der Waals surface area (Å²) >= 11 is 6.17. The van der Waals surface area contributed by atoms with Crippen molar-refractivity contribution in [3.8, 4) is 0 Å². The van der Waals surface area contributed by atoms with Gasteiger partial charge in [-0.05, 0) is 25.0 Å². The molecule has 0 fully saturated rings. The molecule has 0 aromatic carbocycles. The third-order valence-corrected chi connectivity index (χ3v) is 4.30. The van der Waals surface area contributed by atoms with Gasteiger partial charge in [0.15, 0.2) is 5.82 Å². The Kier molecular flexibility index (Phi) is 5.30. The molecule has 0 aliphatic heterocycles. The van der Waals surface area contributed by atoms with Gasteiger partial charge in [0, 0.05) is 19.3 Å². The maximum absolute atomic E-state index is 6.17. The van der Waals surface area contributed by atoms with Crippen molar-refractivity contribution in [2.24, 2.45) is 5.92 Å². The van der Waals surface area contributed by atoms with E-state index in [-0.39, 0.29) is 0 Å². The zero-order valence-corrected chi connectivity index (χ0v) is 13.4. The molecule has 0 bridgehead atoms. The van der Waals surface area contributed by atoms with E-state index in [0.717, 1.165) is 30.2 Å². The highest BCUT2D eigenvalue weighted by molar-refractivity contribution is 6.17. The van der Waals surface area contributed by atoms with Gasteiger partial charge in [0.1, 0.15) is 5.65 Å². The summed E-state index contributed by atoms with van der Waals surface area (Å²) in [6.07, 6.45) is 4.45. The highest BCUT2D eigenvalue weighted by Crippen LogP contribution is 2.25. The lowest BCUT2D eigenvalue weighted by Crippen LogP contribution is -2.30. The zero-order valence-electron chi connectivity index (χ0n) is 12.6. The number of fused-ring (bicyclic) bond motifs is 1. The van der Waals surface area contributed by atoms with E-state index < -0.39 is 0 Å². The van der Waals surface area contributed by atoms with Crippen LogP contribution in [0.25, 0.3) is 5.65 Å². The highest BCUT2D eigenvalue weighted by Gasteiger charge is 2.18. The van der Waals surface area contributed by atoms with Crippen LogP contribution in [0.5, 0.6) is 0 Å². The first kappa shape index (κ1) is 15.2. The van der Waals surface area contributed by atoms with Crippen LogP contribution >= 0.6 is 11.6 Å². The van der Waals surface area contributed by atoms with Crippen molar-refractivity contribution in [3.63, 3.8) is 0 Å². The van der Waals surface area contributed by atoms with Crippen molar-refractivity contribution in [2.45, 2.75) is 39.5 Å². The summed E-state index contributed by atoms with van der Waals surface area (Å²) in [4.78, 5) is 7.14. The van der Waals surface area contributed by atoms with Crippen molar-refractivity contribution < 1.29 is 0 Å². The van der Waals surface area contributed by atoms with Gasteiger partial charge in [-0.3, -0.25) is 0 Å². The van der Waals surface area contributed by atoms with Gasteiger partial charge in [-0.1, -0.05) is 32.8 Å². The highest BCUT2D eigenvalue weighted by atomic mass is 35.5. The Bertz CT molecular complexity index is 546. The molecule has 0 amide bonds. The van der Waals surface area contributed by atoms with Crippen molar-refractivity contribution in [1.82, 2.24) is 9.38 Å². The molecule has 4 heteroatoms. The second kappa shape index (κ2) is 6.98. The summed E-state index contributed by atoms with van der Waals surface area (Å²) in [5.41, 5.74) is 2.07. The Morgan fingerprint density at radius 1 is 1.25 bits per heavy atom. The maximum atomic E-state index is 6.17. The van der Waals surface area contributed by atoms with E-state index in [2.05, 4.69) is 30.1 Å². The molecule has 2 aromatic rings. The molecule has 0 unspecified atom stereocenters. The van der Waals surface area contributed by atoms with Crippen LogP contribution in [0.15, 0.2) is 24.4 Å². The minimum atomic E-state index is 0.486. The minimum absolute atomic E-state index is 0.486. The number of hydrogen-bond acceptors (Lipinski definition) is 2. The average Bonchev–Trinajstić information content (AvgIpc) is 2.87. The Morgan fingerprint density at radius 2 is 2.00 bits per heavy atom. The number of hydrogen-bond donors (Lipinski definition) is 0. The van der Waals surface area contributed by atoms with Gasteiger partial charge in [0.25, 0.3) is 0 Å². The normalized spacial score (nSPS) is 11.4. The lowest BCUT2D eigenvalue weighted by Gasteiger charge is -2.26. The van der Waals surface area contributed by atoms with Crippen LogP contribution < -0.4 is 4.90 Å². The quantitative estimate of drug-likeness (QED) is 0.708. The molecule has 110 valence electrons. The fourth-order valence-electron chi connectivity index (χ4n) is 2.64. The molecule has 2 rings (SSSR count). The number of nitrogens with zero attached hydrogens (tertiary/aromatic N) is 3. The fraction of sp³-hybridized carbons (Fsp3) is 0.562. The van der Waals surface area contributed by atoms with E-state index in [0.29, 0.717) is 11.8 Å². The summed E-state index contributed by atoms with van der Waals surface area (Å²) in [7, 11) is 0. The van der Waals surface area contributed by atoms with Crippen LogP contribution in [-0.2, 0) is 5.88 Å². The SMILES string of the molecule is CCC(CC)CN(CC)c1nc2ccccn2c1CCl. The molecule has 0 atom stereocenters. The molecule has 0 saturated carbocycles. The Hall–Kier alpha value is -1.22. The van der Waals surface area contributed by atoms with Gasteiger partial charge < -0.3 is 9.30 Å². The summed E-state index contributed by atoms with van der Waals surface area (Å²) < 4.78 is 2.10. The molecule has 0 spiro atoms. The third kappa shape index (κ3) is 2.93. The van der Waals surface area contributed by atoms with Crippen molar-refractivity contribution in [1.29, 1.82) is 0 Å². The number of pyridine rings is 1. The fourth-order valence-corrected chi connectivity index (χ4v) is 2.88. The number of aromatic nitrogens is 2. The molecule has 0 aliphatic rings. The monoisotopic (exact) mass is 293 g/mol. The number of imidazole rings is 1. The Labute approximate surface area is 126 Å². The first-order valence-corrected chi connectivity index (χ1v) is 8.05. The summed E-state index contributed by atoms with van der Waals surface area (Å²) in [6, 6.07) is 6.07. The predicted octanol–water partition coefficient (Wildman–Crippen LogP) is 4.34. The second-order valence-electron chi connectivity index (χ2n) is 5.17. The molecular formula is C16H24ClN3. The smallest absolute Gasteiger partial charge is 0.152 e. The van der Waals surface area contributed by atoms with Crippen LogP contribution in [0.2, 0.25) is 0 Å². The van der Waals surface area contributed by atoms with Crippen LogP contribution in [0.4, 0.5) is 5.82 Å². The first-order chi connectivity index (χ1) is 9.74. The van der Waals surface area contributed by atoms with E-state index in [1.54, 1.807) is 0 Å². The first-order valence-electron chi connectivity index (χ1n) is 7.51. The molecule has 0 saturated heterocycles. The molecule has 3 nitrogen and oxygen atoms in total. The van der Waals surface area contributed by atoms with Crippen molar-refractivity contribution in [2.75, 3.05) is 18.0 Å². The topological polar surface area (TPSA) is 20.5 Å². The van der Waals surface area contributed by atoms with Gasteiger partial charge in [0.2, 0.25) is 0 Å². The van der Waals surface area contributed by atoms with E-state index in [1.807, 2.05) is 24.4 Å². The number of halogens is 1. The molecule has 0 aliphatic carbocycles. The average molecular weight is 294 g/mol. The van der Waals surface area contributed by atoms with Gasteiger partial charge in [-0.15, -0.1) is 11.6 Å². The molecule has 20 heavy (non-hydrogen) atoms. The van der Waals surface area contributed by atoms with Crippen molar-refractivity contribution >= 4 is 23.1 Å². The van der Waals surface area contributed by atoms with Gasteiger partial charge in [-0.25, -0.2) is 4.98 Å². The number of anilines is 1. The molecule has 2 heterocycles. The Balaban J connectivity index is 2.38. The summed E-state index contributed by atoms with van der Waals surface area (Å²) in [6.45, 7) is 8.72. The molecule has 0 N–H and O–H groups in total. The van der Waals surface area contributed by atoms with Gasteiger partial charge in [-0.2, -0.15) is 0 Å². The predicted molar refractivity (Wildman–Crippen MR) is 86.7 cm³/mol. The molecular weight excluding hydrogens is 270 g/mol. The lowest BCUT2D eigenvalue weighted by atomic mass is 10.0. The summed E-state index contributed by atoms with van der Waals surface area (Å²) in [5.74, 6) is 2.24. The largest absolute Gasteiger partial charge is 0.355 e. The lowest BCUT2D eigenvalue weighted by molar-refractivity contribution is 0.484. The Morgan fingerprint density at radius 3 is 2.60 bits per heavy atom. The number of alkyl halides is 1. The third-order valence-electron chi connectivity index (χ3n) is 4.05. The van der Waals surface area contributed by atoms with E-state index in [9.17, 15) is 0 Å². The standard InChI is InChI=1S/C16H24ClN3/c1-4-13(5-2)12-19(6-3)16-14(11-17)20-10-8-7-9-15(20)18-16/h7-10,13H,4-6,11-12H2,1-3H3. The maximum Gasteiger partial charge on any atom is 0.152 e. The van der Waals surface area contributed by atoms with E-state index in [1.165, 1.54) is 12.8 Å². The van der Waals surface area contributed by atoms with Crippen LogP contribution in [0.1, 0.15) is 39.3 Å². The van der Waals surface area contributed by atoms with Crippen LogP contribution in [-0.4, -0.2) is 22.5 Å². The van der Waals surface area contributed by atoms with Crippen LogP contribution in [0.3, 0.4) is 0 Å². The van der Waals surface area contributed by atoms with Gasteiger partial charge >= 0.3 is 0 Å². The number of rotatable bonds is 7. The van der Waals surface area contributed by atoms with Gasteiger partial charge in [0.05, 0.1) is 11.6 Å². The second-order valence-corrected chi connectivity index (χ2v) is 5.43. The molecule has 0 radical (unpaired) electrons. The van der Waals surface area contributed by atoms with Crippen LogP contribution in [0, 0.1) is 5.92 Å². The van der Waals surface area contributed by atoms with E-state index in [4.69, 9.17) is 16.6 Å². The van der Waals surface area contributed by atoms with Crippen molar-refractivity contribution in [3.05, 3.63) is 30.1 Å². The minimum Gasteiger partial charge on any atom is -0.355 e. The summed E-state index contributed by atoms with van der Waals surface area (Å²) in [5, 5.41) is 0. The van der Waals surface area contributed by atoms with E-state index >= 15 is 0 Å². The zero-order chi connectivity index (χ0) is 14.5.